The Kier molecular flexibility index (Phi) is 5.38. The lowest BCUT2D eigenvalue weighted by molar-refractivity contribution is -0.143. The topological polar surface area (TPSA) is 67.4 Å². The number of esters is 1. The predicted octanol–water partition coefficient (Wildman–Crippen LogP) is 3.38. The third-order valence-electron chi connectivity index (χ3n) is 2.95. The molecule has 1 atom stereocenters. The molecule has 6 heteroatoms. The van der Waals surface area contributed by atoms with Gasteiger partial charge in [0.05, 0.1) is 7.11 Å². The lowest BCUT2D eigenvalue weighted by Gasteiger charge is -2.17. The number of carbonyl (C=O) groups excluding carboxylic acids is 2. The molecule has 2 amide bonds. The van der Waals surface area contributed by atoms with E-state index in [0.717, 1.165) is 0 Å². The van der Waals surface area contributed by atoms with E-state index in [-0.39, 0.29) is 0 Å². The van der Waals surface area contributed by atoms with Gasteiger partial charge in [0, 0.05) is 10.7 Å². The number of amides is 2. The Bertz CT molecular complexity index is 644. The molecule has 0 aromatic heterocycles. The van der Waals surface area contributed by atoms with Gasteiger partial charge in [-0.2, -0.15) is 0 Å². The molecule has 2 rings (SSSR count). The zero-order valence-corrected chi connectivity index (χ0v) is 12.6. The van der Waals surface area contributed by atoms with Gasteiger partial charge in [-0.05, 0) is 29.8 Å². The van der Waals surface area contributed by atoms with Gasteiger partial charge >= 0.3 is 12.0 Å². The molecule has 0 saturated heterocycles. The van der Waals surface area contributed by atoms with Gasteiger partial charge in [-0.3, -0.25) is 0 Å². The molecule has 5 nitrogen and oxygen atoms in total. The van der Waals surface area contributed by atoms with Gasteiger partial charge in [0.1, 0.15) is 0 Å². The second-order valence-corrected chi connectivity index (χ2v) is 4.91. The van der Waals surface area contributed by atoms with E-state index in [2.05, 4.69) is 10.6 Å². The van der Waals surface area contributed by atoms with E-state index >= 15 is 0 Å². The van der Waals surface area contributed by atoms with Crippen molar-refractivity contribution in [2.75, 3.05) is 12.4 Å². The van der Waals surface area contributed by atoms with Crippen molar-refractivity contribution in [1.29, 1.82) is 0 Å². The maximum atomic E-state index is 12.0. The summed E-state index contributed by atoms with van der Waals surface area (Å²) in [6, 6.07) is 14.1. The van der Waals surface area contributed by atoms with Crippen LogP contribution in [0.2, 0.25) is 5.02 Å². The van der Waals surface area contributed by atoms with E-state index in [1.54, 1.807) is 48.5 Å². The fourth-order valence-electron chi connectivity index (χ4n) is 1.87. The van der Waals surface area contributed by atoms with Gasteiger partial charge in [0.2, 0.25) is 0 Å². The molecule has 0 bridgehead atoms. The number of halogens is 1. The number of urea groups is 1. The highest BCUT2D eigenvalue weighted by molar-refractivity contribution is 6.30. The van der Waals surface area contributed by atoms with E-state index in [0.29, 0.717) is 16.3 Å². The lowest BCUT2D eigenvalue weighted by atomic mass is 10.1. The Morgan fingerprint density at radius 2 is 1.68 bits per heavy atom. The lowest BCUT2D eigenvalue weighted by Crippen LogP contribution is -2.37. The smallest absolute Gasteiger partial charge is 0.333 e. The Morgan fingerprint density at radius 1 is 1.05 bits per heavy atom. The maximum Gasteiger partial charge on any atom is 0.333 e. The number of benzene rings is 2. The van der Waals surface area contributed by atoms with Crippen LogP contribution in [0.5, 0.6) is 0 Å². The molecule has 114 valence electrons. The number of carbonyl (C=O) groups is 2. The summed E-state index contributed by atoms with van der Waals surface area (Å²) in [5, 5.41) is 5.79. The summed E-state index contributed by atoms with van der Waals surface area (Å²) in [6.45, 7) is 0. The molecule has 2 aromatic carbocycles. The quantitative estimate of drug-likeness (QED) is 0.849. The summed E-state index contributed by atoms with van der Waals surface area (Å²) in [6.07, 6.45) is 0. The van der Waals surface area contributed by atoms with Crippen LogP contribution in [0.1, 0.15) is 11.6 Å². The third-order valence-corrected chi connectivity index (χ3v) is 3.20. The van der Waals surface area contributed by atoms with Gasteiger partial charge in [0.25, 0.3) is 0 Å². The van der Waals surface area contributed by atoms with Crippen LogP contribution in [-0.2, 0) is 9.53 Å². The molecule has 0 fully saturated rings. The van der Waals surface area contributed by atoms with Crippen molar-refractivity contribution in [2.24, 2.45) is 0 Å². The van der Waals surface area contributed by atoms with Crippen LogP contribution in [-0.4, -0.2) is 19.1 Å². The second kappa shape index (κ2) is 7.47. The predicted molar refractivity (Wildman–Crippen MR) is 84.8 cm³/mol. The molecular formula is C16H15ClN2O3. The number of ether oxygens (including phenoxy) is 1. The molecule has 0 spiro atoms. The molecule has 0 heterocycles. The van der Waals surface area contributed by atoms with Crippen molar-refractivity contribution in [2.45, 2.75) is 6.04 Å². The molecule has 0 aliphatic rings. The second-order valence-electron chi connectivity index (χ2n) is 4.47. The zero-order chi connectivity index (χ0) is 15.9. The van der Waals surface area contributed by atoms with E-state index < -0.39 is 18.0 Å². The van der Waals surface area contributed by atoms with Gasteiger partial charge in [-0.1, -0.05) is 41.9 Å². The van der Waals surface area contributed by atoms with Crippen molar-refractivity contribution in [3.63, 3.8) is 0 Å². The number of nitrogens with one attached hydrogen (secondary N) is 2. The highest BCUT2D eigenvalue weighted by atomic mass is 35.5. The number of hydrogen-bond acceptors (Lipinski definition) is 3. The van der Waals surface area contributed by atoms with Crippen LogP contribution >= 0.6 is 11.6 Å². The highest BCUT2D eigenvalue weighted by Gasteiger charge is 2.23. The molecule has 1 unspecified atom stereocenters. The molecular weight excluding hydrogens is 304 g/mol. The van der Waals surface area contributed by atoms with Gasteiger partial charge in [-0.25, -0.2) is 9.59 Å². The number of rotatable bonds is 4. The first-order valence-electron chi connectivity index (χ1n) is 6.56. The normalized spacial score (nSPS) is 11.4. The van der Waals surface area contributed by atoms with E-state index in [9.17, 15) is 9.59 Å². The summed E-state index contributed by atoms with van der Waals surface area (Å²) in [5.74, 6) is -0.544. The zero-order valence-electron chi connectivity index (χ0n) is 11.9. The summed E-state index contributed by atoms with van der Waals surface area (Å²) in [5.41, 5.74) is 1.21. The van der Waals surface area contributed by atoms with E-state index in [4.69, 9.17) is 16.3 Å². The first-order valence-corrected chi connectivity index (χ1v) is 6.94. The SMILES string of the molecule is COC(=O)C(NC(=O)Nc1ccc(Cl)cc1)c1ccccc1. The molecule has 0 radical (unpaired) electrons. The van der Waals surface area contributed by atoms with Crippen molar-refractivity contribution in [3.05, 3.63) is 65.2 Å². The summed E-state index contributed by atoms with van der Waals surface area (Å²) >= 11 is 5.78. The summed E-state index contributed by atoms with van der Waals surface area (Å²) in [7, 11) is 1.27. The van der Waals surface area contributed by atoms with Crippen LogP contribution in [0.4, 0.5) is 10.5 Å². The molecule has 2 aromatic rings. The van der Waals surface area contributed by atoms with Gasteiger partial charge < -0.3 is 15.4 Å². The van der Waals surface area contributed by atoms with Crippen LogP contribution < -0.4 is 10.6 Å². The molecule has 0 saturated carbocycles. The first kappa shape index (κ1) is 15.9. The van der Waals surface area contributed by atoms with Crippen molar-refractivity contribution >= 4 is 29.3 Å². The maximum absolute atomic E-state index is 12.0. The number of methoxy groups -OCH3 is 1. The largest absolute Gasteiger partial charge is 0.467 e. The monoisotopic (exact) mass is 318 g/mol. The van der Waals surface area contributed by atoms with Gasteiger partial charge in [0.15, 0.2) is 6.04 Å². The molecule has 0 aliphatic heterocycles. The fourth-order valence-corrected chi connectivity index (χ4v) is 2.00. The van der Waals surface area contributed by atoms with Gasteiger partial charge in [-0.15, -0.1) is 0 Å². The van der Waals surface area contributed by atoms with Crippen molar-refractivity contribution in [3.8, 4) is 0 Å². The van der Waals surface area contributed by atoms with Crippen LogP contribution in [0.15, 0.2) is 54.6 Å². The van der Waals surface area contributed by atoms with Crippen molar-refractivity contribution < 1.29 is 14.3 Å². The molecule has 2 N–H and O–H groups in total. The Labute approximate surface area is 133 Å². The Balaban J connectivity index is 2.08. The standard InChI is InChI=1S/C16H15ClN2O3/c1-22-15(20)14(11-5-3-2-4-6-11)19-16(21)18-13-9-7-12(17)8-10-13/h2-10,14H,1H3,(H2,18,19,21). The average molecular weight is 319 g/mol. The molecule has 0 aliphatic carbocycles. The van der Waals surface area contributed by atoms with E-state index in [1.165, 1.54) is 7.11 Å². The van der Waals surface area contributed by atoms with E-state index in [1.807, 2.05) is 6.07 Å². The minimum atomic E-state index is -0.876. The first-order chi connectivity index (χ1) is 10.6. The third kappa shape index (κ3) is 4.23. The van der Waals surface area contributed by atoms with Crippen LogP contribution in [0.3, 0.4) is 0 Å². The van der Waals surface area contributed by atoms with Crippen LogP contribution in [0.25, 0.3) is 0 Å². The highest BCUT2D eigenvalue weighted by Crippen LogP contribution is 2.16. The minimum Gasteiger partial charge on any atom is -0.467 e. The summed E-state index contributed by atoms with van der Waals surface area (Å²) in [4.78, 5) is 23.9. The number of hydrogen-bond donors (Lipinski definition) is 2. The molecule has 22 heavy (non-hydrogen) atoms. The summed E-state index contributed by atoms with van der Waals surface area (Å²) < 4.78 is 4.73. The Hall–Kier alpha value is -2.53. The Morgan fingerprint density at radius 3 is 2.27 bits per heavy atom. The average Bonchev–Trinajstić information content (AvgIpc) is 2.55. The van der Waals surface area contributed by atoms with Crippen LogP contribution in [0, 0.1) is 0 Å². The van der Waals surface area contributed by atoms with Crippen molar-refractivity contribution in [1.82, 2.24) is 5.32 Å². The number of anilines is 1. The fraction of sp³-hybridized carbons (Fsp3) is 0.125. The minimum absolute atomic E-state index is 0.512.